The largest absolute Gasteiger partial charge is 0.354 e. The highest BCUT2D eigenvalue weighted by atomic mass is 79.9. The van der Waals surface area contributed by atoms with E-state index in [0.29, 0.717) is 0 Å². The van der Waals surface area contributed by atoms with E-state index in [1.54, 1.807) is 0 Å². The molecule has 0 amide bonds. The van der Waals surface area contributed by atoms with Crippen LogP contribution >= 0.6 is 15.9 Å². The Hall–Kier alpha value is -3.17. The third-order valence-corrected chi connectivity index (χ3v) is 8.03. The molecule has 0 fully saturated rings. The van der Waals surface area contributed by atoms with Crippen molar-refractivity contribution in [2.24, 2.45) is 4.99 Å². The summed E-state index contributed by atoms with van der Waals surface area (Å²) in [5, 5.41) is 0. The molecular formula is C31H27BrN2. The molecule has 0 bridgehead atoms. The average Bonchev–Trinajstić information content (AvgIpc) is 3.31. The molecule has 0 saturated carbocycles. The first-order chi connectivity index (χ1) is 16.4. The second kappa shape index (κ2) is 7.95. The second-order valence-corrected chi connectivity index (χ2v) is 10.5. The number of benzene rings is 3. The SMILES string of the molecule is Cc1cc(C)c(C2=N/C(=C\c3[nH]c4c(c3Br)CCc3ccccc3-4)c3ccc(C)cc32)c(C)c1. The zero-order valence-electron chi connectivity index (χ0n) is 20.0. The molecule has 0 unspecified atom stereocenters. The molecule has 0 saturated heterocycles. The van der Waals surface area contributed by atoms with Crippen LogP contribution in [0.2, 0.25) is 0 Å². The summed E-state index contributed by atoms with van der Waals surface area (Å²) in [5.74, 6) is 0. The third kappa shape index (κ3) is 3.33. The van der Waals surface area contributed by atoms with Crippen molar-refractivity contribution in [1.29, 1.82) is 0 Å². The van der Waals surface area contributed by atoms with Gasteiger partial charge in [-0.3, -0.25) is 0 Å². The molecule has 3 aromatic carbocycles. The maximum Gasteiger partial charge on any atom is 0.0794 e. The van der Waals surface area contributed by atoms with E-state index in [1.165, 1.54) is 61.3 Å². The van der Waals surface area contributed by atoms with Crippen molar-refractivity contribution in [3.63, 3.8) is 0 Å². The fourth-order valence-corrected chi connectivity index (χ4v) is 6.26. The van der Waals surface area contributed by atoms with Crippen molar-refractivity contribution in [2.75, 3.05) is 0 Å². The van der Waals surface area contributed by atoms with Crippen molar-refractivity contribution in [3.05, 3.63) is 115 Å². The number of aryl methyl sites for hydroxylation is 5. The Kier molecular flexibility index (Phi) is 5.00. The van der Waals surface area contributed by atoms with Gasteiger partial charge in [0.15, 0.2) is 0 Å². The zero-order valence-corrected chi connectivity index (χ0v) is 21.6. The van der Waals surface area contributed by atoms with Crippen molar-refractivity contribution >= 4 is 33.4 Å². The normalized spacial score (nSPS) is 15.2. The Morgan fingerprint density at radius 1 is 0.824 bits per heavy atom. The van der Waals surface area contributed by atoms with Crippen LogP contribution in [0.4, 0.5) is 0 Å². The second-order valence-electron chi connectivity index (χ2n) is 9.68. The number of hydrogen-bond acceptors (Lipinski definition) is 1. The number of aromatic amines is 1. The molecule has 4 aromatic rings. The van der Waals surface area contributed by atoms with Crippen LogP contribution < -0.4 is 0 Å². The van der Waals surface area contributed by atoms with Gasteiger partial charge in [0.1, 0.15) is 0 Å². The minimum atomic E-state index is 1.01. The predicted molar refractivity (Wildman–Crippen MR) is 147 cm³/mol. The highest BCUT2D eigenvalue weighted by Crippen LogP contribution is 2.41. The summed E-state index contributed by atoms with van der Waals surface area (Å²) in [7, 11) is 0. The third-order valence-electron chi connectivity index (χ3n) is 7.13. The molecule has 0 atom stereocenters. The lowest BCUT2D eigenvalue weighted by Gasteiger charge is -2.16. The lowest BCUT2D eigenvalue weighted by atomic mass is 9.90. The van der Waals surface area contributed by atoms with Gasteiger partial charge >= 0.3 is 0 Å². The highest BCUT2D eigenvalue weighted by molar-refractivity contribution is 9.10. The van der Waals surface area contributed by atoms with Crippen LogP contribution in [0.5, 0.6) is 0 Å². The van der Waals surface area contributed by atoms with Crippen molar-refractivity contribution in [2.45, 2.75) is 40.5 Å². The Balaban J connectivity index is 1.53. The molecule has 3 heteroatoms. The van der Waals surface area contributed by atoms with Crippen LogP contribution in [0.1, 0.15) is 55.8 Å². The summed E-state index contributed by atoms with van der Waals surface area (Å²) >= 11 is 3.91. The first-order valence-corrected chi connectivity index (χ1v) is 12.7. The monoisotopic (exact) mass is 506 g/mol. The molecule has 2 aliphatic rings. The van der Waals surface area contributed by atoms with Crippen molar-refractivity contribution in [1.82, 2.24) is 4.98 Å². The van der Waals surface area contributed by atoms with E-state index >= 15 is 0 Å². The zero-order chi connectivity index (χ0) is 23.6. The minimum absolute atomic E-state index is 1.01. The van der Waals surface area contributed by atoms with Crippen molar-refractivity contribution in [3.8, 4) is 11.3 Å². The van der Waals surface area contributed by atoms with E-state index in [2.05, 4.69) is 109 Å². The van der Waals surface area contributed by atoms with Gasteiger partial charge in [-0.2, -0.15) is 0 Å². The number of nitrogens with one attached hydrogen (secondary N) is 1. The van der Waals surface area contributed by atoms with Crippen LogP contribution in [0.25, 0.3) is 23.0 Å². The lowest BCUT2D eigenvalue weighted by Crippen LogP contribution is -2.06. The van der Waals surface area contributed by atoms with Gasteiger partial charge in [-0.05, 0) is 90.9 Å². The summed E-state index contributed by atoms with van der Waals surface area (Å²) in [6.07, 6.45) is 4.33. The smallest absolute Gasteiger partial charge is 0.0794 e. The fraction of sp³-hybridized carbons (Fsp3) is 0.194. The number of fused-ring (bicyclic) bond motifs is 4. The van der Waals surface area contributed by atoms with Gasteiger partial charge in [0.25, 0.3) is 0 Å². The van der Waals surface area contributed by atoms with E-state index < -0.39 is 0 Å². The number of halogens is 1. The predicted octanol–water partition coefficient (Wildman–Crippen LogP) is 8.13. The molecule has 2 nitrogen and oxygen atoms in total. The van der Waals surface area contributed by atoms with Gasteiger partial charge in [-0.1, -0.05) is 59.7 Å². The number of aliphatic imine (C=N–C) groups is 1. The maximum absolute atomic E-state index is 5.24. The molecule has 1 aromatic heterocycles. The van der Waals surface area contributed by atoms with E-state index in [4.69, 9.17) is 4.99 Å². The van der Waals surface area contributed by atoms with Gasteiger partial charge in [0.05, 0.1) is 22.8 Å². The molecule has 1 aliphatic heterocycles. The van der Waals surface area contributed by atoms with Crippen LogP contribution in [0.3, 0.4) is 0 Å². The highest BCUT2D eigenvalue weighted by Gasteiger charge is 2.26. The van der Waals surface area contributed by atoms with E-state index in [1.807, 2.05) is 0 Å². The first-order valence-electron chi connectivity index (χ1n) is 11.9. The Labute approximate surface area is 209 Å². The number of nitrogens with zero attached hydrogens (tertiary/aromatic N) is 1. The average molecular weight is 507 g/mol. The summed E-state index contributed by atoms with van der Waals surface area (Å²) < 4.78 is 1.16. The molecule has 1 N–H and O–H groups in total. The van der Waals surface area contributed by atoms with Gasteiger partial charge in [-0.15, -0.1) is 0 Å². The Morgan fingerprint density at radius 2 is 1.59 bits per heavy atom. The number of H-pyrrole nitrogens is 1. The van der Waals surface area contributed by atoms with E-state index in [-0.39, 0.29) is 0 Å². The molecule has 1 aliphatic carbocycles. The fourth-order valence-electron chi connectivity index (χ4n) is 5.65. The lowest BCUT2D eigenvalue weighted by molar-refractivity contribution is 0.938. The van der Waals surface area contributed by atoms with Crippen molar-refractivity contribution < 1.29 is 0 Å². The molecular weight excluding hydrogens is 480 g/mol. The summed E-state index contributed by atoms with van der Waals surface area (Å²) in [4.78, 5) is 8.96. The van der Waals surface area contributed by atoms with Gasteiger partial charge in [-0.25, -0.2) is 4.99 Å². The molecule has 168 valence electrons. The molecule has 2 heterocycles. The summed E-state index contributed by atoms with van der Waals surface area (Å²) in [6, 6.07) is 19.9. The molecule has 6 rings (SSSR count). The van der Waals surface area contributed by atoms with E-state index in [9.17, 15) is 0 Å². The maximum atomic E-state index is 5.24. The molecule has 0 spiro atoms. The quantitative estimate of drug-likeness (QED) is 0.284. The van der Waals surface area contributed by atoms with Crippen LogP contribution in [-0.4, -0.2) is 10.7 Å². The number of hydrogen-bond donors (Lipinski definition) is 1. The van der Waals surface area contributed by atoms with Crippen LogP contribution in [0, 0.1) is 27.7 Å². The van der Waals surface area contributed by atoms with Crippen LogP contribution in [-0.2, 0) is 12.8 Å². The topological polar surface area (TPSA) is 28.1 Å². The minimum Gasteiger partial charge on any atom is -0.354 e. The van der Waals surface area contributed by atoms with Crippen LogP contribution in [0.15, 0.2) is 64.1 Å². The number of aromatic nitrogens is 1. The molecule has 34 heavy (non-hydrogen) atoms. The Morgan fingerprint density at radius 3 is 2.38 bits per heavy atom. The first kappa shape index (κ1) is 21.4. The summed E-state index contributed by atoms with van der Waals surface area (Å²) in [6.45, 7) is 8.71. The summed E-state index contributed by atoms with van der Waals surface area (Å²) in [5.41, 5.74) is 17.3. The number of rotatable bonds is 2. The van der Waals surface area contributed by atoms with Gasteiger partial charge < -0.3 is 4.98 Å². The van der Waals surface area contributed by atoms with E-state index in [0.717, 1.165) is 34.4 Å². The van der Waals surface area contributed by atoms with Gasteiger partial charge in [0.2, 0.25) is 0 Å². The van der Waals surface area contributed by atoms with Gasteiger partial charge in [0, 0.05) is 26.7 Å². The Bertz CT molecular complexity index is 1520. The molecule has 0 radical (unpaired) electrons. The standard InChI is InChI=1S/C31H27BrN2/c1-17-9-11-23-25(15-17)31(28-19(3)13-18(2)14-20(28)4)33-26(23)16-27-29(32)24-12-10-21-7-5-6-8-22(21)30(24)34-27/h5-9,11,13-16,34H,10,12H2,1-4H3/b26-16-.